The van der Waals surface area contributed by atoms with Gasteiger partial charge in [0.15, 0.2) is 0 Å². The van der Waals surface area contributed by atoms with Crippen LogP contribution in [-0.2, 0) is 0 Å². The zero-order chi connectivity index (χ0) is 7.56. The Kier molecular flexibility index (Phi) is 2.25. The average Bonchev–Trinajstić information content (AvgIpc) is 2.13. The van der Waals surface area contributed by atoms with Crippen molar-refractivity contribution in [2.24, 2.45) is 10.9 Å². The van der Waals surface area contributed by atoms with Crippen LogP contribution in [-0.4, -0.2) is 5.71 Å². The normalized spacial score (nSPS) is 17.6. The maximum absolute atomic E-state index is 4.31. The molecule has 1 heteroatoms. The lowest BCUT2D eigenvalue weighted by molar-refractivity contribution is 0.680. The van der Waals surface area contributed by atoms with Gasteiger partial charge in [-0.25, -0.2) is 0 Å². The fraction of sp³-hybridized carbons (Fsp3) is 0.667. The first kappa shape index (κ1) is 7.52. The van der Waals surface area contributed by atoms with Crippen molar-refractivity contribution in [3.63, 3.8) is 0 Å². The van der Waals surface area contributed by atoms with Gasteiger partial charge in [0.25, 0.3) is 0 Å². The van der Waals surface area contributed by atoms with Crippen LogP contribution in [0.3, 0.4) is 0 Å². The molecule has 0 N–H and O–H groups in total. The van der Waals surface area contributed by atoms with Crippen molar-refractivity contribution in [2.75, 3.05) is 0 Å². The maximum Gasteiger partial charge on any atom is 0.0260 e. The minimum Gasteiger partial charge on any atom is -0.265 e. The van der Waals surface area contributed by atoms with E-state index in [-0.39, 0.29) is 0 Å². The standard InChI is InChI=1S/C9H15N/c1-7(2)4-9-5-8(3)6-10-9/h6-7H,4-5H2,1-3H3. The van der Waals surface area contributed by atoms with E-state index in [4.69, 9.17) is 0 Å². The maximum atomic E-state index is 4.31. The lowest BCUT2D eigenvalue weighted by atomic mass is 10.0. The average molecular weight is 137 g/mol. The Hall–Kier alpha value is -0.590. The molecular formula is C9H15N. The second-order valence-electron chi connectivity index (χ2n) is 3.45. The Balaban J connectivity index is 2.35. The van der Waals surface area contributed by atoms with Crippen LogP contribution in [0.1, 0.15) is 33.6 Å². The Morgan fingerprint density at radius 2 is 2.30 bits per heavy atom. The lowest BCUT2D eigenvalue weighted by Crippen LogP contribution is -1.99. The van der Waals surface area contributed by atoms with Crippen molar-refractivity contribution in [3.8, 4) is 0 Å². The second-order valence-corrected chi connectivity index (χ2v) is 3.45. The molecule has 0 bridgehead atoms. The van der Waals surface area contributed by atoms with Crippen LogP contribution in [0.4, 0.5) is 0 Å². The molecule has 0 amide bonds. The van der Waals surface area contributed by atoms with Crippen LogP contribution in [0, 0.1) is 5.92 Å². The van der Waals surface area contributed by atoms with E-state index in [2.05, 4.69) is 25.8 Å². The molecule has 1 aliphatic rings. The summed E-state index contributed by atoms with van der Waals surface area (Å²) in [6.07, 6.45) is 4.25. The summed E-state index contributed by atoms with van der Waals surface area (Å²) in [4.78, 5) is 4.31. The number of allylic oxidation sites excluding steroid dienone is 1. The zero-order valence-electron chi connectivity index (χ0n) is 7.02. The molecule has 0 saturated carbocycles. The van der Waals surface area contributed by atoms with Crippen LogP contribution in [0.15, 0.2) is 16.8 Å². The molecule has 1 aliphatic heterocycles. The molecule has 0 aliphatic carbocycles. The summed E-state index contributed by atoms with van der Waals surface area (Å²) in [5.74, 6) is 0.748. The highest BCUT2D eigenvalue weighted by molar-refractivity contribution is 5.89. The van der Waals surface area contributed by atoms with E-state index in [1.165, 1.54) is 11.3 Å². The van der Waals surface area contributed by atoms with E-state index in [0.717, 1.165) is 18.8 Å². The zero-order valence-corrected chi connectivity index (χ0v) is 7.02. The van der Waals surface area contributed by atoms with E-state index in [1.807, 2.05) is 6.20 Å². The van der Waals surface area contributed by atoms with Gasteiger partial charge in [-0.3, -0.25) is 4.99 Å². The summed E-state index contributed by atoms with van der Waals surface area (Å²) in [7, 11) is 0. The largest absolute Gasteiger partial charge is 0.265 e. The molecule has 0 aromatic heterocycles. The first-order valence-electron chi connectivity index (χ1n) is 3.89. The second kappa shape index (κ2) is 3.00. The molecule has 0 fully saturated rings. The number of hydrogen-bond acceptors (Lipinski definition) is 1. The Bertz CT molecular complexity index is 175. The van der Waals surface area contributed by atoms with Gasteiger partial charge >= 0.3 is 0 Å². The Labute approximate surface area is 62.9 Å². The molecular weight excluding hydrogens is 122 g/mol. The van der Waals surface area contributed by atoms with Crippen LogP contribution < -0.4 is 0 Å². The van der Waals surface area contributed by atoms with Gasteiger partial charge in [0.1, 0.15) is 0 Å². The molecule has 0 radical (unpaired) electrons. The molecule has 0 aromatic carbocycles. The van der Waals surface area contributed by atoms with Crippen molar-refractivity contribution in [2.45, 2.75) is 33.6 Å². The highest BCUT2D eigenvalue weighted by atomic mass is 14.7. The third-order valence-electron chi connectivity index (χ3n) is 1.59. The molecule has 0 spiro atoms. The minimum atomic E-state index is 0.748. The predicted octanol–water partition coefficient (Wildman–Crippen LogP) is 2.78. The van der Waals surface area contributed by atoms with Crippen molar-refractivity contribution in [1.29, 1.82) is 0 Å². The van der Waals surface area contributed by atoms with Crippen molar-refractivity contribution in [3.05, 3.63) is 11.8 Å². The van der Waals surface area contributed by atoms with Gasteiger partial charge in [0.2, 0.25) is 0 Å². The molecule has 1 rings (SSSR count). The highest BCUT2D eigenvalue weighted by Crippen LogP contribution is 2.15. The summed E-state index contributed by atoms with van der Waals surface area (Å²) in [5, 5.41) is 0. The third kappa shape index (κ3) is 1.98. The number of rotatable bonds is 2. The number of nitrogens with zero attached hydrogens (tertiary/aromatic N) is 1. The molecule has 56 valence electrons. The fourth-order valence-electron chi connectivity index (χ4n) is 1.21. The molecule has 0 atom stereocenters. The van der Waals surface area contributed by atoms with E-state index in [1.54, 1.807) is 0 Å². The minimum absolute atomic E-state index is 0.748. The summed E-state index contributed by atoms with van der Waals surface area (Å²) in [6, 6.07) is 0. The van der Waals surface area contributed by atoms with Gasteiger partial charge in [-0.2, -0.15) is 0 Å². The van der Waals surface area contributed by atoms with E-state index in [9.17, 15) is 0 Å². The first-order chi connectivity index (χ1) is 4.68. The molecule has 0 aromatic rings. The van der Waals surface area contributed by atoms with Crippen LogP contribution in [0.25, 0.3) is 0 Å². The van der Waals surface area contributed by atoms with Gasteiger partial charge in [0, 0.05) is 18.3 Å². The molecule has 0 unspecified atom stereocenters. The van der Waals surface area contributed by atoms with Crippen molar-refractivity contribution < 1.29 is 0 Å². The van der Waals surface area contributed by atoms with E-state index in [0.29, 0.717) is 0 Å². The quantitative estimate of drug-likeness (QED) is 0.555. The van der Waals surface area contributed by atoms with Crippen LogP contribution in [0.5, 0.6) is 0 Å². The molecule has 0 saturated heterocycles. The number of hydrogen-bond donors (Lipinski definition) is 0. The van der Waals surface area contributed by atoms with Gasteiger partial charge in [-0.05, 0) is 24.8 Å². The van der Waals surface area contributed by atoms with Crippen molar-refractivity contribution in [1.82, 2.24) is 0 Å². The third-order valence-corrected chi connectivity index (χ3v) is 1.59. The van der Waals surface area contributed by atoms with Crippen molar-refractivity contribution >= 4 is 5.71 Å². The van der Waals surface area contributed by atoms with Gasteiger partial charge < -0.3 is 0 Å². The van der Waals surface area contributed by atoms with E-state index >= 15 is 0 Å². The molecule has 1 nitrogen and oxygen atoms in total. The first-order valence-corrected chi connectivity index (χ1v) is 3.89. The topological polar surface area (TPSA) is 12.4 Å². The highest BCUT2D eigenvalue weighted by Gasteiger charge is 2.07. The summed E-state index contributed by atoms with van der Waals surface area (Å²) in [6.45, 7) is 6.60. The van der Waals surface area contributed by atoms with Crippen LogP contribution in [0.2, 0.25) is 0 Å². The summed E-state index contributed by atoms with van der Waals surface area (Å²) in [5.41, 5.74) is 2.75. The summed E-state index contributed by atoms with van der Waals surface area (Å²) >= 11 is 0. The van der Waals surface area contributed by atoms with Crippen LogP contribution >= 0.6 is 0 Å². The SMILES string of the molecule is CC1=CN=C(CC(C)C)C1. The lowest BCUT2D eigenvalue weighted by Gasteiger charge is -2.02. The molecule has 10 heavy (non-hydrogen) atoms. The fourth-order valence-corrected chi connectivity index (χ4v) is 1.21. The monoisotopic (exact) mass is 137 g/mol. The van der Waals surface area contributed by atoms with E-state index < -0.39 is 0 Å². The van der Waals surface area contributed by atoms with Gasteiger partial charge in [-0.15, -0.1) is 0 Å². The smallest absolute Gasteiger partial charge is 0.0260 e. The number of aliphatic imine (C=N–C) groups is 1. The van der Waals surface area contributed by atoms with Gasteiger partial charge in [-0.1, -0.05) is 13.8 Å². The van der Waals surface area contributed by atoms with Gasteiger partial charge in [0.05, 0.1) is 0 Å². The Morgan fingerprint density at radius 3 is 2.70 bits per heavy atom. The Morgan fingerprint density at radius 1 is 1.60 bits per heavy atom. The summed E-state index contributed by atoms with van der Waals surface area (Å²) < 4.78 is 0. The predicted molar refractivity (Wildman–Crippen MR) is 45.3 cm³/mol. The molecule has 1 heterocycles.